The molecular formula is C23H26N2O2. The summed E-state index contributed by atoms with van der Waals surface area (Å²) >= 11 is 0. The number of aryl methyl sites for hydroxylation is 1. The van der Waals surface area contributed by atoms with Gasteiger partial charge in [0.2, 0.25) is 5.91 Å². The van der Waals surface area contributed by atoms with Crippen LogP contribution in [0.2, 0.25) is 0 Å². The molecule has 4 nitrogen and oxygen atoms in total. The minimum atomic E-state index is -0.0463. The monoisotopic (exact) mass is 362 g/mol. The number of carbonyl (C=O) groups is 2. The number of carbonyl (C=O) groups excluding carboxylic acids is 2. The highest BCUT2D eigenvalue weighted by molar-refractivity contribution is 5.95. The fourth-order valence-corrected chi connectivity index (χ4v) is 3.84. The molecule has 0 aromatic heterocycles. The van der Waals surface area contributed by atoms with Crippen LogP contribution >= 0.6 is 0 Å². The van der Waals surface area contributed by atoms with E-state index in [1.807, 2.05) is 29.2 Å². The normalized spacial score (nSPS) is 19.4. The average Bonchev–Trinajstić information content (AvgIpc) is 3.45. The lowest BCUT2D eigenvalue weighted by atomic mass is 9.98. The lowest BCUT2D eigenvalue weighted by Gasteiger charge is -2.16. The molecule has 1 heterocycles. The van der Waals surface area contributed by atoms with Gasteiger partial charge in [-0.2, -0.15) is 0 Å². The van der Waals surface area contributed by atoms with Gasteiger partial charge in [0.05, 0.1) is 0 Å². The van der Waals surface area contributed by atoms with Gasteiger partial charge in [0.15, 0.2) is 0 Å². The van der Waals surface area contributed by atoms with Gasteiger partial charge in [-0.15, -0.1) is 0 Å². The molecule has 1 N–H and O–H groups in total. The number of hydrogen-bond donors (Lipinski definition) is 1. The van der Waals surface area contributed by atoms with E-state index in [4.69, 9.17) is 0 Å². The number of likely N-dealkylation sites (tertiary alicyclic amines) is 1. The van der Waals surface area contributed by atoms with Crippen molar-refractivity contribution in [1.82, 2.24) is 10.2 Å². The van der Waals surface area contributed by atoms with Crippen molar-refractivity contribution in [2.45, 2.75) is 38.6 Å². The quantitative estimate of drug-likeness (QED) is 0.857. The summed E-state index contributed by atoms with van der Waals surface area (Å²) in [5.41, 5.74) is 4.18. The molecule has 1 unspecified atom stereocenters. The predicted molar refractivity (Wildman–Crippen MR) is 106 cm³/mol. The largest absolute Gasteiger partial charge is 0.352 e. The maximum absolute atomic E-state index is 12.8. The summed E-state index contributed by atoms with van der Waals surface area (Å²) in [6.45, 7) is 3.42. The first kappa shape index (κ1) is 17.8. The van der Waals surface area contributed by atoms with E-state index in [9.17, 15) is 9.59 Å². The minimum absolute atomic E-state index is 0.0463. The highest BCUT2D eigenvalue weighted by Gasteiger charge is 2.39. The number of benzene rings is 2. The first-order valence-electron chi connectivity index (χ1n) is 9.81. The number of nitrogens with one attached hydrogen (secondary N) is 1. The van der Waals surface area contributed by atoms with E-state index >= 15 is 0 Å². The Hall–Kier alpha value is -2.62. The van der Waals surface area contributed by atoms with Crippen LogP contribution in [0.4, 0.5) is 0 Å². The molecule has 0 bridgehead atoms. The fraction of sp³-hybridized carbons (Fsp3) is 0.391. The standard InChI is InChI=1S/C23H26N2O2/c1-16-6-8-17(9-7-16)12-19-4-2-3-5-21(19)23(27)24-14-18-13-22(26)25(15-18)20-10-11-20/h2-9,18,20H,10-15H2,1H3,(H,24,27). The zero-order chi connectivity index (χ0) is 18.8. The van der Waals surface area contributed by atoms with Crippen molar-refractivity contribution >= 4 is 11.8 Å². The zero-order valence-corrected chi connectivity index (χ0v) is 15.8. The summed E-state index contributed by atoms with van der Waals surface area (Å²) in [4.78, 5) is 26.8. The molecule has 1 saturated heterocycles. The van der Waals surface area contributed by atoms with E-state index in [0.717, 1.165) is 36.9 Å². The van der Waals surface area contributed by atoms with Crippen LogP contribution in [0, 0.1) is 12.8 Å². The van der Waals surface area contributed by atoms with Gasteiger partial charge in [-0.3, -0.25) is 9.59 Å². The van der Waals surface area contributed by atoms with Gasteiger partial charge in [0, 0.05) is 37.0 Å². The van der Waals surface area contributed by atoms with Gasteiger partial charge >= 0.3 is 0 Å². The van der Waals surface area contributed by atoms with Crippen molar-refractivity contribution in [1.29, 1.82) is 0 Å². The predicted octanol–water partition coefficient (Wildman–Crippen LogP) is 3.33. The van der Waals surface area contributed by atoms with E-state index in [0.29, 0.717) is 19.0 Å². The summed E-state index contributed by atoms with van der Waals surface area (Å²) < 4.78 is 0. The zero-order valence-electron chi connectivity index (χ0n) is 15.8. The molecule has 1 aliphatic carbocycles. The Morgan fingerprint density at radius 2 is 1.85 bits per heavy atom. The number of rotatable bonds is 6. The summed E-state index contributed by atoms with van der Waals surface area (Å²) in [5, 5.41) is 3.06. The molecule has 27 heavy (non-hydrogen) atoms. The molecule has 4 rings (SSSR count). The van der Waals surface area contributed by atoms with Crippen LogP contribution in [-0.4, -0.2) is 35.8 Å². The Balaban J connectivity index is 1.38. The second kappa shape index (κ2) is 7.55. The van der Waals surface area contributed by atoms with Gasteiger partial charge in [0.25, 0.3) is 5.91 Å². The van der Waals surface area contributed by atoms with Crippen molar-refractivity contribution in [3.63, 3.8) is 0 Å². The molecule has 2 aromatic rings. The average molecular weight is 362 g/mol. The van der Waals surface area contributed by atoms with E-state index < -0.39 is 0 Å². The maximum atomic E-state index is 12.8. The van der Waals surface area contributed by atoms with Gasteiger partial charge in [0.1, 0.15) is 0 Å². The van der Waals surface area contributed by atoms with E-state index in [1.165, 1.54) is 11.1 Å². The first-order chi connectivity index (χ1) is 13.1. The molecule has 2 aromatic carbocycles. The molecule has 1 atom stereocenters. The highest BCUT2D eigenvalue weighted by Crippen LogP contribution is 2.32. The van der Waals surface area contributed by atoms with Gasteiger partial charge in [-0.1, -0.05) is 48.0 Å². The Bertz CT molecular complexity index is 840. The Morgan fingerprint density at radius 3 is 2.59 bits per heavy atom. The van der Waals surface area contributed by atoms with Crippen LogP contribution in [-0.2, 0) is 11.2 Å². The van der Waals surface area contributed by atoms with Crippen molar-refractivity contribution < 1.29 is 9.59 Å². The van der Waals surface area contributed by atoms with Crippen molar-refractivity contribution in [3.05, 3.63) is 70.8 Å². The molecule has 2 amide bonds. The van der Waals surface area contributed by atoms with Crippen molar-refractivity contribution in [2.24, 2.45) is 5.92 Å². The lowest BCUT2D eigenvalue weighted by molar-refractivity contribution is -0.128. The lowest BCUT2D eigenvalue weighted by Crippen LogP contribution is -2.32. The van der Waals surface area contributed by atoms with Crippen LogP contribution in [0.15, 0.2) is 48.5 Å². The first-order valence-corrected chi connectivity index (χ1v) is 9.81. The van der Waals surface area contributed by atoms with Crippen LogP contribution in [0.5, 0.6) is 0 Å². The second-order valence-electron chi connectivity index (χ2n) is 7.88. The topological polar surface area (TPSA) is 49.4 Å². The number of nitrogens with zero attached hydrogens (tertiary/aromatic N) is 1. The van der Waals surface area contributed by atoms with E-state index in [-0.39, 0.29) is 17.7 Å². The minimum Gasteiger partial charge on any atom is -0.352 e. The Kier molecular flexibility index (Phi) is 4.97. The molecule has 1 saturated carbocycles. The summed E-state index contributed by atoms with van der Waals surface area (Å²) in [6, 6.07) is 16.7. The second-order valence-corrected chi connectivity index (χ2v) is 7.88. The third-order valence-electron chi connectivity index (χ3n) is 5.55. The van der Waals surface area contributed by atoms with Gasteiger partial charge < -0.3 is 10.2 Å². The third-order valence-corrected chi connectivity index (χ3v) is 5.55. The van der Waals surface area contributed by atoms with Crippen molar-refractivity contribution in [2.75, 3.05) is 13.1 Å². The summed E-state index contributed by atoms with van der Waals surface area (Å²) in [7, 11) is 0. The number of amides is 2. The molecule has 4 heteroatoms. The van der Waals surface area contributed by atoms with Gasteiger partial charge in [-0.25, -0.2) is 0 Å². The molecule has 2 fully saturated rings. The fourth-order valence-electron chi connectivity index (χ4n) is 3.84. The van der Waals surface area contributed by atoms with Crippen LogP contribution in [0.25, 0.3) is 0 Å². The summed E-state index contributed by atoms with van der Waals surface area (Å²) in [6.07, 6.45) is 3.57. The molecule has 0 spiro atoms. The van der Waals surface area contributed by atoms with Crippen LogP contribution in [0.3, 0.4) is 0 Å². The summed E-state index contributed by atoms with van der Waals surface area (Å²) in [5.74, 6) is 0.429. The van der Waals surface area contributed by atoms with Crippen LogP contribution in [0.1, 0.15) is 46.3 Å². The molecule has 0 radical (unpaired) electrons. The molecular weight excluding hydrogens is 336 g/mol. The maximum Gasteiger partial charge on any atom is 0.251 e. The molecule has 1 aliphatic heterocycles. The highest BCUT2D eigenvalue weighted by atomic mass is 16.2. The Morgan fingerprint density at radius 1 is 1.11 bits per heavy atom. The number of hydrogen-bond acceptors (Lipinski definition) is 2. The Labute approximate surface area is 160 Å². The molecule has 2 aliphatic rings. The van der Waals surface area contributed by atoms with Crippen molar-refractivity contribution in [3.8, 4) is 0 Å². The van der Waals surface area contributed by atoms with Gasteiger partial charge in [-0.05, 0) is 43.4 Å². The smallest absolute Gasteiger partial charge is 0.251 e. The SMILES string of the molecule is Cc1ccc(Cc2ccccc2C(=O)NCC2CC(=O)N(C3CC3)C2)cc1. The third kappa shape index (κ3) is 4.21. The molecule has 140 valence electrons. The van der Waals surface area contributed by atoms with E-state index in [1.54, 1.807) is 0 Å². The van der Waals surface area contributed by atoms with E-state index in [2.05, 4.69) is 36.5 Å². The van der Waals surface area contributed by atoms with Crippen LogP contribution < -0.4 is 5.32 Å².